The molecular weight excluding hydrogens is 548 g/mol. The fourth-order valence-electron chi connectivity index (χ4n) is 5.20. The quantitative estimate of drug-likeness (QED) is 0.330. The van der Waals surface area contributed by atoms with E-state index >= 15 is 8.78 Å². The fourth-order valence-corrected chi connectivity index (χ4v) is 6.24. The van der Waals surface area contributed by atoms with Crippen LogP contribution in [0.3, 0.4) is 0 Å². The Kier molecular flexibility index (Phi) is 7.57. The summed E-state index contributed by atoms with van der Waals surface area (Å²) in [5, 5.41) is 13.4. The third kappa shape index (κ3) is 5.42. The molecule has 1 fully saturated rings. The van der Waals surface area contributed by atoms with Gasteiger partial charge in [0.15, 0.2) is 5.82 Å². The molecule has 1 atom stereocenters. The number of benzene rings is 1. The lowest BCUT2D eigenvalue weighted by Gasteiger charge is -2.19. The Morgan fingerprint density at radius 3 is 2.76 bits per heavy atom. The summed E-state index contributed by atoms with van der Waals surface area (Å²) < 4.78 is 42.4. The highest BCUT2D eigenvalue weighted by atomic mass is 32.1. The first kappa shape index (κ1) is 28.6. The predicted molar refractivity (Wildman–Crippen MR) is 156 cm³/mol. The van der Waals surface area contributed by atoms with Crippen LogP contribution in [-0.2, 0) is 22.7 Å². The van der Waals surface area contributed by atoms with E-state index in [1.807, 2.05) is 13.0 Å². The number of hydrogen-bond donors (Lipinski definition) is 1. The van der Waals surface area contributed by atoms with Crippen LogP contribution >= 0.6 is 11.3 Å². The zero-order valence-corrected chi connectivity index (χ0v) is 24.5. The van der Waals surface area contributed by atoms with E-state index in [0.717, 1.165) is 48.4 Å². The molecule has 41 heavy (non-hydrogen) atoms. The van der Waals surface area contributed by atoms with Gasteiger partial charge in [-0.25, -0.2) is 18.6 Å². The molecular formula is C30H31F2N5O3S. The van der Waals surface area contributed by atoms with Crippen molar-refractivity contribution in [3.63, 3.8) is 0 Å². The molecule has 2 aliphatic heterocycles. The first-order valence-electron chi connectivity index (χ1n) is 13.3. The van der Waals surface area contributed by atoms with Crippen LogP contribution < -0.4 is 15.8 Å². The van der Waals surface area contributed by atoms with Crippen molar-refractivity contribution in [2.24, 2.45) is 10.9 Å². The van der Waals surface area contributed by atoms with Crippen LogP contribution in [0.5, 0.6) is 0 Å². The second-order valence-corrected chi connectivity index (χ2v) is 12.4. The van der Waals surface area contributed by atoms with Crippen LogP contribution in [0.4, 0.5) is 18.6 Å². The van der Waals surface area contributed by atoms with Crippen molar-refractivity contribution in [1.82, 2.24) is 9.88 Å². The molecule has 2 aliphatic rings. The van der Waals surface area contributed by atoms with Crippen molar-refractivity contribution < 1.29 is 23.0 Å². The molecule has 0 radical (unpaired) electrons. The summed E-state index contributed by atoms with van der Waals surface area (Å²) in [4.78, 5) is 23.5. The van der Waals surface area contributed by atoms with Crippen LogP contribution in [0.2, 0.25) is 0 Å². The summed E-state index contributed by atoms with van der Waals surface area (Å²) in [5.74, 6) is 0.0833. The fraction of sp³-hybridized carbons (Fsp3) is 0.400. The Labute approximate surface area is 240 Å². The largest absolute Gasteiger partial charge is 0.444 e. The smallest absolute Gasteiger partial charge is 0.412 e. The van der Waals surface area contributed by atoms with Crippen molar-refractivity contribution in [2.75, 3.05) is 18.4 Å². The second-order valence-electron chi connectivity index (χ2n) is 11.4. The third-order valence-electron chi connectivity index (χ3n) is 7.19. The second kappa shape index (κ2) is 10.8. The number of aromatic nitrogens is 1. The average molecular weight is 580 g/mol. The van der Waals surface area contributed by atoms with Gasteiger partial charge < -0.3 is 14.4 Å². The van der Waals surface area contributed by atoms with Crippen molar-refractivity contribution in [3.05, 3.63) is 45.0 Å². The lowest BCUT2D eigenvalue weighted by atomic mass is 9.94. The minimum atomic E-state index is -0.796. The molecule has 8 nitrogen and oxygen atoms in total. The van der Waals surface area contributed by atoms with Gasteiger partial charge in [-0.3, -0.25) is 10.3 Å². The highest BCUT2D eigenvalue weighted by Crippen LogP contribution is 2.43. The summed E-state index contributed by atoms with van der Waals surface area (Å²) in [6.45, 7) is 15.4. The number of carbonyl (C=O) groups is 1. The van der Waals surface area contributed by atoms with Gasteiger partial charge in [0.1, 0.15) is 28.3 Å². The SMILES string of the molecule is C=c1c(F)c(-c2ncc(F)c3sc(NC(=O)OC(C)(C)C)c(C#N)c23)c2c(/c1=C/N=C(C)N1CCC(C)C1)COC2. The van der Waals surface area contributed by atoms with Crippen molar-refractivity contribution in [3.8, 4) is 17.3 Å². The summed E-state index contributed by atoms with van der Waals surface area (Å²) in [6.07, 6.45) is 2.92. The molecule has 1 saturated heterocycles. The molecule has 2 aromatic heterocycles. The highest BCUT2D eigenvalue weighted by Gasteiger charge is 2.29. The summed E-state index contributed by atoms with van der Waals surface area (Å²) in [5.41, 5.74) is 0.614. The zero-order chi connectivity index (χ0) is 29.6. The predicted octanol–water partition coefficient (Wildman–Crippen LogP) is 5.40. The van der Waals surface area contributed by atoms with E-state index in [4.69, 9.17) is 9.47 Å². The lowest BCUT2D eigenvalue weighted by Crippen LogP contribution is -2.32. The van der Waals surface area contributed by atoms with Crippen LogP contribution in [0.1, 0.15) is 57.7 Å². The maximum absolute atomic E-state index is 16.2. The van der Waals surface area contributed by atoms with Crippen molar-refractivity contribution in [1.29, 1.82) is 5.26 Å². The van der Waals surface area contributed by atoms with E-state index in [9.17, 15) is 10.1 Å². The molecule has 5 rings (SSSR count). The number of halogens is 2. The Morgan fingerprint density at radius 2 is 2.10 bits per heavy atom. The number of anilines is 1. The number of amides is 1. The third-order valence-corrected chi connectivity index (χ3v) is 8.30. The average Bonchev–Trinajstić information content (AvgIpc) is 3.63. The molecule has 4 heterocycles. The molecule has 1 unspecified atom stereocenters. The summed E-state index contributed by atoms with van der Waals surface area (Å²) in [7, 11) is 0. The number of hydrogen-bond acceptors (Lipinski definition) is 7. The maximum Gasteiger partial charge on any atom is 0.412 e. The van der Waals surface area contributed by atoms with E-state index < -0.39 is 23.3 Å². The normalized spacial score (nSPS) is 17.7. The molecule has 0 aliphatic carbocycles. The van der Waals surface area contributed by atoms with E-state index in [1.165, 1.54) is 0 Å². The number of thiophene rings is 1. The standard InChI is InChI=1S/C30H31F2N5O3S/c1-15-7-8-37(12-15)17(3)34-10-19-16(2)25(32)23(21-14-39-13-20(19)21)26-24-18(9-33)28(36-29(38)40-30(4,5)6)41-27(24)22(31)11-35-26/h10-11,15H,2,7-8,12-14H2,1,3-6H3,(H,36,38)/b19-10+,34-17?. The molecule has 0 bridgehead atoms. The number of carbonyl (C=O) groups excluding carboxylic acids is 1. The molecule has 214 valence electrons. The van der Waals surface area contributed by atoms with Gasteiger partial charge in [-0.2, -0.15) is 5.26 Å². The van der Waals surface area contributed by atoms with Gasteiger partial charge in [0.05, 0.1) is 35.4 Å². The summed E-state index contributed by atoms with van der Waals surface area (Å²) >= 11 is 0.861. The van der Waals surface area contributed by atoms with Gasteiger partial charge in [0, 0.05) is 40.7 Å². The molecule has 3 aromatic rings. The molecule has 1 aromatic carbocycles. The van der Waals surface area contributed by atoms with E-state index in [0.29, 0.717) is 16.7 Å². The number of ether oxygens (including phenoxy) is 2. The van der Waals surface area contributed by atoms with Gasteiger partial charge in [-0.1, -0.05) is 13.5 Å². The Morgan fingerprint density at radius 1 is 1.37 bits per heavy atom. The van der Waals surface area contributed by atoms with Gasteiger partial charge in [-0.15, -0.1) is 11.3 Å². The number of likely N-dealkylation sites (tertiary alicyclic amines) is 1. The number of aliphatic imine (C=N–C) groups is 1. The van der Waals surface area contributed by atoms with Crippen molar-refractivity contribution >= 4 is 51.1 Å². The Bertz CT molecular complexity index is 1750. The minimum Gasteiger partial charge on any atom is -0.444 e. The molecule has 0 spiro atoms. The van der Waals surface area contributed by atoms with E-state index in [-0.39, 0.29) is 50.3 Å². The first-order valence-corrected chi connectivity index (χ1v) is 14.1. The van der Waals surface area contributed by atoms with Crippen LogP contribution in [0.25, 0.3) is 34.1 Å². The number of nitrogens with zero attached hydrogens (tertiary/aromatic N) is 4. The summed E-state index contributed by atoms with van der Waals surface area (Å²) in [6, 6.07) is 2.04. The number of rotatable bonds is 3. The molecule has 1 amide bonds. The number of pyridine rings is 1. The molecule has 11 heteroatoms. The monoisotopic (exact) mass is 579 g/mol. The first-order chi connectivity index (χ1) is 19.4. The van der Waals surface area contributed by atoms with Crippen LogP contribution in [0, 0.1) is 28.9 Å². The van der Waals surface area contributed by atoms with Gasteiger partial charge in [-0.05, 0) is 51.2 Å². The van der Waals surface area contributed by atoms with Gasteiger partial charge in [0.25, 0.3) is 0 Å². The number of fused-ring (bicyclic) bond motifs is 2. The van der Waals surface area contributed by atoms with Crippen LogP contribution in [0.15, 0.2) is 11.2 Å². The number of amidine groups is 1. The Hall–Kier alpha value is -3.88. The zero-order valence-electron chi connectivity index (χ0n) is 23.7. The lowest BCUT2D eigenvalue weighted by molar-refractivity contribution is 0.0636. The number of nitrogens with one attached hydrogen (secondary N) is 1. The van der Waals surface area contributed by atoms with E-state index in [1.54, 1.807) is 27.0 Å². The Balaban J connectivity index is 1.67. The van der Waals surface area contributed by atoms with Crippen molar-refractivity contribution in [2.45, 2.75) is 59.9 Å². The van der Waals surface area contributed by atoms with Crippen LogP contribution in [-0.4, -0.2) is 40.5 Å². The van der Waals surface area contributed by atoms with Gasteiger partial charge in [0.2, 0.25) is 0 Å². The molecule has 0 saturated carbocycles. The maximum atomic E-state index is 16.2. The number of nitriles is 1. The topological polar surface area (TPSA) is 99.8 Å². The minimum absolute atomic E-state index is 0.0359. The van der Waals surface area contributed by atoms with Gasteiger partial charge >= 0.3 is 6.09 Å². The molecule has 1 N–H and O–H groups in total. The highest BCUT2D eigenvalue weighted by molar-refractivity contribution is 7.23. The van der Waals surface area contributed by atoms with E-state index in [2.05, 4.69) is 33.7 Å².